The van der Waals surface area contributed by atoms with Gasteiger partial charge in [0.1, 0.15) is 5.82 Å². The van der Waals surface area contributed by atoms with Gasteiger partial charge in [-0.3, -0.25) is 4.98 Å². The van der Waals surface area contributed by atoms with Gasteiger partial charge in [0, 0.05) is 35.8 Å². The molecule has 6 heteroatoms. The van der Waals surface area contributed by atoms with Crippen molar-refractivity contribution in [2.45, 2.75) is 19.9 Å². The maximum Gasteiger partial charge on any atom is 0.225 e. The first-order chi connectivity index (χ1) is 12.1. The lowest BCUT2D eigenvalue weighted by molar-refractivity contribution is 0.281. The fraction of sp³-hybridized carbons (Fsp3) is 0.211. The van der Waals surface area contributed by atoms with Crippen LogP contribution in [-0.2, 0) is 0 Å². The lowest BCUT2D eigenvalue weighted by Gasteiger charge is -2.14. The maximum absolute atomic E-state index is 9.27. The van der Waals surface area contributed by atoms with Crippen LogP contribution in [0.3, 0.4) is 0 Å². The SMILES string of the molecule is Cc1ccc(Nc2cc(-c3ccncc3)nc(N[C@H](C)CO)n2)cc1. The average Bonchev–Trinajstić information content (AvgIpc) is 2.64. The predicted octanol–water partition coefficient (Wildman–Crippen LogP) is 3.38. The van der Waals surface area contributed by atoms with E-state index in [1.807, 2.05) is 56.3 Å². The van der Waals surface area contributed by atoms with Crippen molar-refractivity contribution >= 4 is 17.5 Å². The van der Waals surface area contributed by atoms with Gasteiger partial charge in [0.15, 0.2) is 0 Å². The molecule has 0 spiro atoms. The molecule has 1 aromatic carbocycles. The molecule has 0 unspecified atom stereocenters. The molecule has 0 fully saturated rings. The molecule has 0 saturated carbocycles. The van der Waals surface area contributed by atoms with E-state index in [0.717, 1.165) is 16.9 Å². The van der Waals surface area contributed by atoms with E-state index in [-0.39, 0.29) is 12.6 Å². The zero-order chi connectivity index (χ0) is 17.6. The van der Waals surface area contributed by atoms with Crippen LogP contribution < -0.4 is 10.6 Å². The highest BCUT2D eigenvalue weighted by Gasteiger charge is 2.09. The summed E-state index contributed by atoms with van der Waals surface area (Å²) in [5.74, 6) is 1.14. The molecule has 2 heterocycles. The van der Waals surface area contributed by atoms with Crippen molar-refractivity contribution < 1.29 is 5.11 Å². The monoisotopic (exact) mass is 335 g/mol. The van der Waals surface area contributed by atoms with Gasteiger partial charge in [-0.05, 0) is 38.1 Å². The minimum atomic E-state index is -0.139. The average molecular weight is 335 g/mol. The molecule has 3 N–H and O–H groups in total. The highest BCUT2D eigenvalue weighted by molar-refractivity contribution is 5.67. The maximum atomic E-state index is 9.27. The van der Waals surface area contributed by atoms with E-state index in [1.54, 1.807) is 12.4 Å². The predicted molar refractivity (Wildman–Crippen MR) is 99.9 cm³/mol. The number of nitrogens with one attached hydrogen (secondary N) is 2. The molecule has 3 rings (SSSR count). The molecule has 6 nitrogen and oxygen atoms in total. The molecule has 0 aliphatic rings. The van der Waals surface area contributed by atoms with Gasteiger partial charge >= 0.3 is 0 Å². The van der Waals surface area contributed by atoms with Crippen LogP contribution in [0.15, 0.2) is 54.9 Å². The van der Waals surface area contributed by atoms with Crippen molar-refractivity contribution in [1.82, 2.24) is 15.0 Å². The summed E-state index contributed by atoms with van der Waals surface area (Å²) in [6.07, 6.45) is 3.46. The standard InChI is InChI=1S/C19H21N5O/c1-13-3-5-16(6-4-13)22-18-11-17(15-7-9-20-10-8-15)23-19(24-18)21-14(2)12-25/h3-11,14,25H,12H2,1-2H3,(H2,21,22,23,24)/t14-/m1/s1. The van der Waals surface area contributed by atoms with Gasteiger partial charge in [0.25, 0.3) is 0 Å². The first-order valence-corrected chi connectivity index (χ1v) is 8.14. The van der Waals surface area contributed by atoms with Crippen LogP contribution in [0.25, 0.3) is 11.3 Å². The molecule has 1 atom stereocenters. The number of hydrogen-bond acceptors (Lipinski definition) is 6. The first kappa shape index (κ1) is 16.9. The zero-order valence-electron chi connectivity index (χ0n) is 14.3. The van der Waals surface area contributed by atoms with Crippen molar-refractivity contribution in [2.24, 2.45) is 0 Å². The fourth-order valence-electron chi connectivity index (χ4n) is 2.30. The smallest absolute Gasteiger partial charge is 0.225 e. The van der Waals surface area contributed by atoms with Gasteiger partial charge in [0.05, 0.1) is 12.3 Å². The first-order valence-electron chi connectivity index (χ1n) is 8.14. The van der Waals surface area contributed by atoms with Crippen molar-refractivity contribution in [3.05, 3.63) is 60.4 Å². The minimum absolute atomic E-state index is 0.00354. The molecule has 128 valence electrons. The number of aliphatic hydroxyl groups is 1. The number of benzene rings is 1. The van der Waals surface area contributed by atoms with E-state index < -0.39 is 0 Å². The fourth-order valence-corrected chi connectivity index (χ4v) is 2.30. The quantitative estimate of drug-likeness (QED) is 0.640. The number of aryl methyl sites for hydroxylation is 1. The van der Waals surface area contributed by atoms with E-state index in [0.29, 0.717) is 11.8 Å². The number of aromatic nitrogens is 3. The van der Waals surface area contributed by atoms with Crippen LogP contribution >= 0.6 is 0 Å². The second kappa shape index (κ2) is 7.72. The molecule has 0 radical (unpaired) electrons. The summed E-state index contributed by atoms with van der Waals surface area (Å²) in [6, 6.07) is 13.7. The normalized spacial score (nSPS) is 11.8. The largest absolute Gasteiger partial charge is 0.394 e. The minimum Gasteiger partial charge on any atom is -0.394 e. The molecule has 25 heavy (non-hydrogen) atoms. The summed E-state index contributed by atoms with van der Waals surface area (Å²) in [4.78, 5) is 13.1. The molecule has 0 saturated heterocycles. The summed E-state index contributed by atoms with van der Waals surface area (Å²) < 4.78 is 0. The van der Waals surface area contributed by atoms with Gasteiger partial charge in [-0.1, -0.05) is 17.7 Å². The second-order valence-electron chi connectivity index (χ2n) is 5.92. The van der Waals surface area contributed by atoms with Crippen molar-refractivity contribution in [3.8, 4) is 11.3 Å². The van der Waals surface area contributed by atoms with E-state index in [1.165, 1.54) is 5.56 Å². The Morgan fingerprint density at radius 1 is 1.04 bits per heavy atom. The van der Waals surface area contributed by atoms with E-state index in [2.05, 4.69) is 25.6 Å². The summed E-state index contributed by atoms with van der Waals surface area (Å²) >= 11 is 0. The number of nitrogens with zero attached hydrogens (tertiary/aromatic N) is 3. The molecular weight excluding hydrogens is 314 g/mol. The second-order valence-corrected chi connectivity index (χ2v) is 5.92. The number of rotatable bonds is 6. The van der Waals surface area contributed by atoms with Crippen LogP contribution in [0.5, 0.6) is 0 Å². The Hall–Kier alpha value is -2.99. The summed E-state index contributed by atoms with van der Waals surface area (Å²) in [5, 5.41) is 15.7. The highest BCUT2D eigenvalue weighted by atomic mass is 16.3. The molecule has 0 bridgehead atoms. The van der Waals surface area contributed by atoms with Crippen molar-refractivity contribution in [3.63, 3.8) is 0 Å². The molecule has 0 aliphatic carbocycles. The third kappa shape index (κ3) is 4.51. The van der Waals surface area contributed by atoms with Crippen LogP contribution in [0, 0.1) is 6.92 Å². The van der Waals surface area contributed by atoms with Gasteiger partial charge in [0.2, 0.25) is 5.95 Å². The van der Waals surface area contributed by atoms with Gasteiger partial charge < -0.3 is 15.7 Å². The summed E-state index contributed by atoms with van der Waals surface area (Å²) in [7, 11) is 0. The number of hydrogen-bond donors (Lipinski definition) is 3. The molecule has 3 aromatic rings. The Morgan fingerprint density at radius 3 is 2.44 bits per heavy atom. The Morgan fingerprint density at radius 2 is 1.76 bits per heavy atom. The molecule has 0 aliphatic heterocycles. The third-order valence-corrected chi connectivity index (χ3v) is 3.68. The van der Waals surface area contributed by atoms with E-state index in [9.17, 15) is 5.11 Å². The third-order valence-electron chi connectivity index (χ3n) is 3.68. The Labute approximate surface area is 147 Å². The van der Waals surface area contributed by atoms with Crippen LogP contribution in [0.4, 0.5) is 17.5 Å². The van der Waals surface area contributed by atoms with E-state index in [4.69, 9.17) is 0 Å². The lowest BCUT2D eigenvalue weighted by Crippen LogP contribution is -2.21. The van der Waals surface area contributed by atoms with Gasteiger partial charge in [-0.15, -0.1) is 0 Å². The topological polar surface area (TPSA) is 83.0 Å². The van der Waals surface area contributed by atoms with E-state index >= 15 is 0 Å². The van der Waals surface area contributed by atoms with Crippen molar-refractivity contribution in [2.75, 3.05) is 17.2 Å². The number of aliphatic hydroxyl groups excluding tert-OH is 1. The summed E-state index contributed by atoms with van der Waals surface area (Å²) in [6.45, 7) is 3.92. The number of anilines is 3. The lowest BCUT2D eigenvalue weighted by atomic mass is 10.2. The molecule has 0 amide bonds. The van der Waals surface area contributed by atoms with Crippen LogP contribution in [0.1, 0.15) is 12.5 Å². The van der Waals surface area contributed by atoms with Crippen LogP contribution in [0.2, 0.25) is 0 Å². The van der Waals surface area contributed by atoms with Crippen molar-refractivity contribution in [1.29, 1.82) is 0 Å². The molecule has 2 aromatic heterocycles. The van der Waals surface area contributed by atoms with Gasteiger partial charge in [-0.2, -0.15) is 4.98 Å². The Bertz CT molecular complexity index is 821. The van der Waals surface area contributed by atoms with Gasteiger partial charge in [-0.25, -0.2) is 4.98 Å². The Balaban J connectivity index is 1.95. The summed E-state index contributed by atoms with van der Waals surface area (Å²) in [5.41, 5.74) is 3.87. The Kier molecular flexibility index (Phi) is 5.20. The zero-order valence-corrected chi connectivity index (χ0v) is 14.3. The highest BCUT2D eigenvalue weighted by Crippen LogP contribution is 2.23. The number of pyridine rings is 1. The molecular formula is C19H21N5O. The van der Waals surface area contributed by atoms with Crippen LogP contribution in [-0.4, -0.2) is 32.7 Å².